The van der Waals surface area contributed by atoms with Crippen LogP contribution in [-0.2, 0) is 40.8 Å². The minimum atomic E-state index is -3.39. The first kappa shape index (κ1) is 20.0. The van der Waals surface area contributed by atoms with Crippen LogP contribution in [-0.4, -0.2) is 35.3 Å². The average molecular weight is 396 g/mol. The predicted octanol–water partition coefficient (Wildman–Crippen LogP) is 1.89. The molecule has 2 aromatic heterocycles. The lowest BCUT2D eigenvalue weighted by atomic mass is 9.95. The Morgan fingerprint density at radius 2 is 1.93 bits per heavy atom. The third-order valence-electron chi connectivity index (χ3n) is 5.02. The fraction of sp³-hybridized carbons (Fsp3) is 0.667. The third kappa shape index (κ3) is 4.77. The first-order chi connectivity index (χ1) is 12.9. The highest BCUT2D eigenvalue weighted by Gasteiger charge is 2.22. The molecule has 2 heterocycles. The van der Waals surface area contributed by atoms with E-state index in [0.29, 0.717) is 25.5 Å². The summed E-state index contributed by atoms with van der Waals surface area (Å²) in [7, 11) is -3.39. The van der Waals surface area contributed by atoms with Crippen molar-refractivity contribution in [3.63, 3.8) is 0 Å². The molecule has 8 nitrogen and oxygen atoms in total. The highest BCUT2D eigenvalue weighted by molar-refractivity contribution is 7.89. The topological polar surface area (TPSA) is 126 Å². The second kappa shape index (κ2) is 8.53. The Kier molecular flexibility index (Phi) is 6.33. The largest absolute Gasteiger partial charge is 0.382 e. The zero-order valence-corrected chi connectivity index (χ0v) is 16.7. The maximum Gasteiger partial charge on any atom is 0.209 e. The lowest BCUT2D eigenvalue weighted by molar-refractivity contribution is 0.126. The van der Waals surface area contributed by atoms with Crippen LogP contribution in [0.25, 0.3) is 11.0 Å². The van der Waals surface area contributed by atoms with Crippen molar-refractivity contribution in [2.75, 3.05) is 18.1 Å². The van der Waals surface area contributed by atoms with Crippen molar-refractivity contribution in [3.05, 3.63) is 17.1 Å². The van der Waals surface area contributed by atoms with E-state index in [0.717, 1.165) is 67.6 Å². The third-order valence-corrected chi connectivity index (χ3v) is 5.87. The van der Waals surface area contributed by atoms with Crippen LogP contribution >= 0.6 is 0 Å². The van der Waals surface area contributed by atoms with Gasteiger partial charge in [-0.2, -0.15) is 0 Å². The maximum atomic E-state index is 11.1. The van der Waals surface area contributed by atoms with Crippen LogP contribution < -0.4 is 10.9 Å². The normalized spacial score (nSPS) is 14.6. The van der Waals surface area contributed by atoms with Gasteiger partial charge in [0, 0.05) is 18.8 Å². The summed E-state index contributed by atoms with van der Waals surface area (Å²) in [6.07, 6.45) is 6.42. The monoisotopic (exact) mass is 395 g/mol. The molecule has 4 N–H and O–H groups in total. The number of aryl methyl sites for hydroxylation is 3. The van der Waals surface area contributed by atoms with Gasteiger partial charge < -0.3 is 15.0 Å². The molecule has 1 aliphatic carbocycles. The van der Waals surface area contributed by atoms with Gasteiger partial charge in [-0.3, -0.25) is 0 Å². The van der Waals surface area contributed by atoms with Crippen molar-refractivity contribution >= 4 is 26.9 Å². The van der Waals surface area contributed by atoms with Gasteiger partial charge in [0.15, 0.2) is 5.82 Å². The van der Waals surface area contributed by atoms with Crippen LogP contribution in [0, 0.1) is 0 Å². The number of unbranched alkanes of at least 4 members (excludes halogenated alkanes) is 2. The molecule has 3 rings (SSSR count). The van der Waals surface area contributed by atoms with Crippen LogP contribution in [0.5, 0.6) is 0 Å². The SMILES string of the molecule is CCOCc1nc2c(N)nc3c(c2n1CCCCCS(N)(=O)=O)CCCC3. The average Bonchev–Trinajstić information content (AvgIpc) is 2.98. The molecule has 0 saturated heterocycles. The fourth-order valence-corrected chi connectivity index (χ4v) is 4.35. The van der Waals surface area contributed by atoms with Gasteiger partial charge in [0.25, 0.3) is 0 Å². The summed E-state index contributed by atoms with van der Waals surface area (Å²) in [5, 5.41) is 5.08. The van der Waals surface area contributed by atoms with Crippen LogP contribution in [0.15, 0.2) is 0 Å². The summed E-state index contributed by atoms with van der Waals surface area (Å²) < 4.78 is 30.0. The summed E-state index contributed by atoms with van der Waals surface area (Å²) in [5.41, 5.74) is 10.4. The number of fused-ring (bicyclic) bond motifs is 3. The molecular formula is C18H29N5O3S. The second-order valence-electron chi connectivity index (χ2n) is 7.07. The number of anilines is 1. The van der Waals surface area contributed by atoms with E-state index in [1.165, 1.54) is 5.56 Å². The van der Waals surface area contributed by atoms with E-state index in [1.54, 1.807) is 0 Å². The van der Waals surface area contributed by atoms with Crippen molar-refractivity contribution in [2.45, 2.75) is 65.0 Å². The van der Waals surface area contributed by atoms with E-state index >= 15 is 0 Å². The van der Waals surface area contributed by atoms with E-state index in [-0.39, 0.29) is 5.75 Å². The standard InChI is InChI=1S/C18H29N5O3S/c1-2-26-12-15-22-16-17(13-8-4-5-9-14(13)21-18(16)19)23(15)10-6-3-7-11-27(20,24)25/h2-12H2,1H3,(H2,19,21)(H2,20,24,25). The summed E-state index contributed by atoms with van der Waals surface area (Å²) in [6.45, 7) is 3.75. The minimum Gasteiger partial charge on any atom is -0.382 e. The Balaban J connectivity index is 1.89. The van der Waals surface area contributed by atoms with Gasteiger partial charge in [0.1, 0.15) is 17.9 Å². The number of nitrogens with two attached hydrogens (primary N) is 2. The number of pyridine rings is 1. The lowest BCUT2D eigenvalue weighted by Crippen LogP contribution is -2.16. The summed E-state index contributed by atoms with van der Waals surface area (Å²) in [6, 6.07) is 0. The Hall–Kier alpha value is -1.71. The van der Waals surface area contributed by atoms with Crippen molar-refractivity contribution in [1.29, 1.82) is 0 Å². The van der Waals surface area contributed by atoms with Crippen LogP contribution in [0.3, 0.4) is 0 Å². The van der Waals surface area contributed by atoms with Crippen molar-refractivity contribution in [3.8, 4) is 0 Å². The molecule has 0 spiro atoms. The van der Waals surface area contributed by atoms with Crippen LogP contribution in [0.4, 0.5) is 5.82 Å². The highest BCUT2D eigenvalue weighted by Crippen LogP contribution is 2.32. The molecule has 0 atom stereocenters. The molecule has 0 radical (unpaired) electrons. The number of rotatable bonds is 9. The first-order valence-electron chi connectivity index (χ1n) is 9.65. The van der Waals surface area contributed by atoms with Gasteiger partial charge in [0.2, 0.25) is 10.0 Å². The van der Waals surface area contributed by atoms with Gasteiger partial charge in [-0.1, -0.05) is 6.42 Å². The molecular weight excluding hydrogens is 366 g/mol. The highest BCUT2D eigenvalue weighted by atomic mass is 32.2. The van der Waals surface area contributed by atoms with Crippen molar-refractivity contribution in [1.82, 2.24) is 14.5 Å². The van der Waals surface area contributed by atoms with E-state index in [9.17, 15) is 8.42 Å². The Morgan fingerprint density at radius 3 is 2.67 bits per heavy atom. The summed E-state index contributed by atoms with van der Waals surface area (Å²) >= 11 is 0. The molecule has 150 valence electrons. The van der Waals surface area contributed by atoms with E-state index in [2.05, 4.69) is 9.55 Å². The van der Waals surface area contributed by atoms with E-state index < -0.39 is 10.0 Å². The van der Waals surface area contributed by atoms with Crippen molar-refractivity contribution in [2.24, 2.45) is 5.14 Å². The Labute approximate surface area is 160 Å². The van der Waals surface area contributed by atoms with Crippen molar-refractivity contribution < 1.29 is 13.2 Å². The number of nitrogen functional groups attached to an aromatic ring is 1. The number of hydrogen-bond acceptors (Lipinski definition) is 6. The number of ether oxygens (including phenoxy) is 1. The molecule has 0 bridgehead atoms. The lowest BCUT2D eigenvalue weighted by Gasteiger charge is -2.18. The summed E-state index contributed by atoms with van der Waals surface area (Å²) in [4.78, 5) is 9.32. The van der Waals surface area contributed by atoms with Gasteiger partial charge in [-0.05, 0) is 51.0 Å². The number of sulfonamides is 1. The van der Waals surface area contributed by atoms with Crippen LogP contribution in [0.1, 0.15) is 56.1 Å². The number of primary sulfonamides is 1. The Bertz CT molecular complexity index is 908. The number of imidazole rings is 1. The molecule has 1 aliphatic rings. The maximum absolute atomic E-state index is 11.1. The van der Waals surface area contributed by atoms with E-state index in [4.69, 9.17) is 20.6 Å². The minimum absolute atomic E-state index is 0.0236. The smallest absolute Gasteiger partial charge is 0.209 e. The molecule has 9 heteroatoms. The molecule has 0 aliphatic heterocycles. The van der Waals surface area contributed by atoms with Gasteiger partial charge in [-0.15, -0.1) is 0 Å². The Morgan fingerprint density at radius 1 is 1.15 bits per heavy atom. The van der Waals surface area contributed by atoms with Crippen LogP contribution in [0.2, 0.25) is 0 Å². The van der Waals surface area contributed by atoms with E-state index in [1.807, 2.05) is 6.92 Å². The number of hydrogen-bond donors (Lipinski definition) is 2. The molecule has 0 saturated carbocycles. The fourth-order valence-electron chi connectivity index (χ4n) is 3.74. The summed E-state index contributed by atoms with van der Waals surface area (Å²) in [5.74, 6) is 1.36. The predicted molar refractivity (Wildman–Crippen MR) is 106 cm³/mol. The quantitative estimate of drug-likeness (QED) is 0.624. The molecule has 0 fully saturated rings. The van der Waals surface area contributed by atoms with Gasteiger partial charge in [-0.25, -0.2) is 23.5 Å². The zero-order chi connectivity index (χ0) is 19.4. The zero-order valence-electron chi connectivity index (χ0n) is 15.9. The van der Waals surface area contributed by atoms with Gasteiger partial charge >= 0.3 is 0 Å². The molecule has 0 unspecified atom stereocenters. The molecule has 0 amide bonds. The number of nitrogens with zero attached hydrogens (tertiary/aromatic N) is 3. The number of aromatic nitrogens is 3. The second-order valence-corrected chi connectivity index (χ2v) is 8.81. The molecule has 27 heavy (non-hydrogen) atoms. The first-order valence-corrected chi connectivity index (χ1v) is 11.4. The molecule has 2 aromatic rings. The molecule has 0 aromatic carbocycles. The van der Waals surface area contributed by atoms with Gasteiger partial charge in [0.05, 0.1) is 11.3 Å².